The molecule has 11 nitrogen and oxygen atoms in total. The maximum absolute atomic E-state index is 11.8. The third kappa shape index (κ3) is 27.7. The van der Waals surface area contributed by atoms with Gasteiger partial charge in [-0.3, -0.25) is 14.9 Å². The third-order valence-electron chi connectivity index (χ3n) is 7.01. The maximum atomic E-state index is 11.8. The number of hydrogen-bond donors (Lipinski definition) is 0. The van der Waals surface area contributed by atoms with Crippen LogP contribution in [-0.2, 0) is 33.2 Å². The van der Waals surface area contributed by atoms with E-state index in [2.05, 4.69) is 6.92 Å². The Hall–Kier alpha value is -2.31. The molecule has 0 aromatic heterocycles. The monoisotopic (exact) mass is 641 g/mol. The molecule has 0 bridgehead atoms. The molecule has 0 N–H and O–H groups in total. The lowest BCUT2D eigenvalue weighted by atomic mass is 10.0. The van der Waals surface area contributed by atoms with Crippen molar-refractivity contribution in [1.82, 2.24) is 0 Å². The van der Waals surface area contributed by atoms with Gasteiger partial charge < -0.3 is 33.2 Å². The summed E-state index contributed by atoms with van der Waals surface area (Å²) >= 11 is 0. The van der Waals surface area contributed by atoms with E-state index in [9.17, 15) is 14.9 Å². The first-order valence-electron chi connectivity index (χ1n) is 17.0. The summed E-state index contributed by atoms with van der Waals surface area (Å²) in [5, 5.41) is 10.6. The first-order chi connectivity index (χ1) is 22.1. The Labute approximate surface area is 270 Å². The van der Waals surface area contributed by atoms with E-state index in [1.165, 1.54) is 82.8 Å². The van der Waals surface area contributed by atoms with Crippen LogP contribution < -0.4 is 4.74 Å². The molecular formula is C34H59NO10. The van der Waals surface area contributed by atoms with Crippen LogP contribution in [0, 0.1) is 10.1 Å². The lowest BCUT2D eigenvalue weighted by Crippen LogP contribution is -2.15. The Morgan fingerprint density at radius 1 is 0.556 bits per heavy atom. The highest BCUT2D eigenvalue weighted by Gasteiger charge is 2.05. The molecule has 0 radical (unpaired) electrons. The molecule has 0 amide bonds. The summed E-state index contributed by atoms with van der Waals surface area (Å²) in [7, 11) is 0. The van der Waals surface area contributed by atoms with E-state index in [0.29, 0.717) is 84.8 Å². The van der Waals surface area contributed by atoms with Gasteiger partial charge in [0.15, 0.2) is 0 Å². The molecule has 1 rings (SSSR count). The summed E-state index contributed by atoms with van der Waals surface area (Å²) in [5.74, 6) is 0.417. The first kappa shape index (κ1) is 40.7. The van der Waals surface area contributed by atoms with E-state index in [-0.39, 0.29) is 18.3 Å². The van der Waals surface area contributed by atoms with Gasteiger partial charge in [-0.2, -0.15) is 0 Å². The van der Waals surface area contributed by atoms with Crippen LogP contribution >= 0.6 is 0 Å². The van der Waals surface area contributed by atoms with Gasteiger partial charge in [0.1, 0.15) is 19.0 Å². The predicted molar refractivity (Wildman–Crippen MR) is 174 cm³/mol. The van der Waals surface area contributed by atoms with Crippen LogP contribution in [0.2, 0.25) is 0 Å². The molecular weight excluding hydrogens is 582 g/mol. The number of unbranched alkanes of at least 4 members (excludes halogenated alkanes) is 12. The summed E-state index contributed by atoms with van der Waals surface area (Å²) in [6.45, 7) is 7.30. The summed E-state index contributed by atoms with van der Waals surface area (Å²) in [6.07, 6.45) is 17.3. The van der Waals surface area contributed by atoms with E-state index in [1.54, 1.807) is 12.1 Å². The molecule has 0 saturated carbocycles. The molecule has 0 aliphatic rings. The number of carbonyl (C=O) groups is 1. The highest BCUT2D eigenvalue weighted by Crippen LogP contribution is 2.17. The average Bonchev–Trinajstić information content (AvgIpc) is 3.04. The number of nitrogens with zero attached hydrogens (tertiary/aromatic N) is 1. The molecule has 1 aromatic rings. The lowest BCUT2D eigenvalue weighted by Gasteiger charge is -2.09. The van der Waals surface area contributed by atoms with Crippen LogP contribution in [0.1, 0.15) is 96.8 Å². The van der Waals surface area contributed by atoms with Gasteiger partial charge in [-0.15, -0.1) is 0 Å². The molecule has 0 aliphatic heterocycles. The van der Waals surface area contributed by atoms with E-state index in [0.717, 1.165) is 12.8 Å². The topological polar surface area (TPSA) is 125 Å². The Balaban J connectivity index is 1.70. The van der Waals surface area contributed by atoms with Crippen LogP contribution in [0.4, 0.5) is 5.69 Å². The normalized spacial score (nSPS) is 11.1. The number of hydrogen-bond acceptors (Lipinski definition) is 10. The summed E-state index contributed by atoms with van der Waals surface area (Å²) in [5.41, 5.74) is 0.0272. The zero-order valence-electron chi connectivity index (χ0n) is 27.7. The SMILES string of the molecule is CCCCCCCCCCCCCCCC(=O)OCCOCCOCCOCCOCCOCCOc1ccc([N+](=O)[O-])cc1. The van der Waals surface area contributed by atoms with E-state index >= 15 is 0 Å². The fourth-order valence-corrected chi connectivity index (χ4v) is 4.44. The van der Waals surface area contributed by atoms with E-state index in [4.69, 9.17) is 33.2 Å². The predicted octanol–water partition coefficient (Wildman–Crippen LogP) is 7.08. The number of carbonyl (C=O) groups excluding carboxylic acids is 1. The Bertz CT molecular complexity index is 809. The molecule has 0 aliphatic carbocycles. The number of non-ortho nitro benzene ring substituents is 1. The van der Waals surface area contributed by atoms with Crippen molar-refractivity contribution in [2.75, 3.05) is 79.3 Å². The van der Waals surface area contributed by atoms with Crippen molar-refractivity contribution in [2.24, 2.45) is 0 Å². The van der Waals surface area contributed by atoms with Crippen molar-refractivity contribution in [3.63, 3.8) is 0 Å². The molecule has 260 valence electrons. The average molecular weight is 642 g/mol. The largest absolute Gasteiger partial charge is 0.491 e. The molecule has 0 fully saturated rings. The van der Waals surface area contributed by atoms with E-state index < -0.39 is 4.92 Å². The second-order valence-corrected chi connectivity index (χ2v) is 10.9. The maximum Gasteiger partial charge on any atom is 0.305 e. The number of esters is 1. The van der Waals surface area contributed by atoms with Gasteiger partial charge in [-0.25, -0.2) is 0 Å². The molecule has 0 heterocycles. The van der Waals surface area contributed by atoms with Gasteiger partial charge in [0, 0.05) is 18.6 Å². The van der Waals surface area contributed by atoms with Gasteiger partial charge in [0.2, 0.25) is 0 Å². The summed E-state index contributed by atoms with van der Waals surface area (Å²) < 4.78 is 37.9. The second-order valence-electron chi connectivity index (χ2n) is 10.9. The van der Waals surface area contributed by atoms with Crippen molar-refractivity contribution in [2.45, 2.75) is 96.8 Å². The van der Waals surface area contributed by atoms with Crippen LogP contribution in [-0.4, -0.2) is 90.2 Å². The number of ether oxygens (including phenoxy) is 7. The highest BCUT2D eigenvalue weighted by molar-refractivity contribution is 5.69. The zero-order valence-corrected chi connectivity index (χ0v) is 27.7. The van der Waals surface area contributed by atoms with Crippen molar-refractivity contribution >= 4 is 11.7 Å². The summed E-state index contributed by atoms with van der Waals surface area (Å²) in [6, 6.07) is 5.92. The van der Waals surface area contributed by atoms with Gasteiger partial charge in [-0.1, -0.05) is 84.0 Å². The van der Waals surface area contributed by atoms with Gasteiger partial charge >= 0.3 is 5.97 Å². The van der Waals surface area contributed by atoms with Crippen molar-refractivity contribution in [3.8, 4) is 5.75 Å². The summed E-state index contributed by atoms with van der Waals surface area (Å²) in [4.78, 5) is 22.0. The van der Waals surface area contributed by atoms with Crippen LogP contribution in [0.5, 0.6) is 5.75 Å². The Morgan fingerprint density at radius 2 is 0.933 bits per heavy atom. The fourth-order valence-electron chi connectivity index (χ4n) is 4.44. The molecule has 0 spiro atoms. The lowest BCUT2D eigenvalue weighted by molar-refractivity contribution is -0.384. The number of benzene rings is 1. The number of rotatable bonds is 34. The molecule has 0 unspecified atom stereocenters. The second kappa shape index (κ2) is 31.7. The third-order valence-corrected chi connectivity index (χ3v) is 7.01. The zero-order chi connectivity index (χ0) is 32.5. The molecule has 11 heteroatoms. The van der Waals surface area contributed by atoms with Gasteiger partial charge in [0.25, 0.3) is 5.69 Å². The van der Waals surface area contributed by atoms with Crippen molar-refractivity contribution in [1.29, 1.82) is 0 Å². The minimum absolute atomic E-state index is 0.0272. The minimum atomic E-state index is -0.450. The Kier molecular flexibility index (Phi) is 28.6. The molecule has 1 aromatic carbocycles. The van der Waals surface area contributed by atoms with Gasteiger partial charge in [-0.05, 0) is 18.6 Å². The van der Waals surface area contributed by atoms with E-state index in [1.807, 2.05) is 0 Å². The first-order valence-corrected chi connectivity index (χ1v) is 17.0. The van der Waals surface area contributed by atoms with Crippen LogP contribution in [0.3, 0.4) is 0 Å². The minimum Gasteiger partial charge on any atom is -0.491 e. The number of nitro benzene ring substituents is 1. The highest BCUT2D eigenvalue weighted by atomic mass is 16.6. The number of nitro groups is 1. The van der Waals surface area contributed by atoms with Crippen LogP contribution in [0.25, 0.3) is 0 Å². The van der Waals surface area contributed by atoms with Crippen molar-refractivity contribution < 1.29 is 42.9 Å². The van der Waals surface area contributed by atoms with Crippen LogP contribution in [0.15, 0.2) is 24.3 Å². The Morgan fingerprint density at radius 3 is 1.36 bits per heavy atom. The quantitative estimate of drug-likeness (QED) is 0.0334. The van der Waals surface area contributed by atoms with Gasteiger partial charge in [0.05, 0.1) is 71.0 Å². The smallest absolute Gasteiger partial charge is 0.305 e. The van der Waals surface area contributed by atoms with Crippen molar-refractivity contribution in [3.05, 3.63) is 34.4 Å². The fraction of sp³-hybridized carbons (Fsp3) is 0.794. The molecule has 45 heavy (non-hydrogen) atoms. The standard InChI is InChI=1S/C34H59NO10/c1-2-3-4-5-6-7-8-9-10-11-12-13-14-15-34(36)45-31-29-43-27-25-41-23-21-39-20-22-40-24-26-42-28-30-44-33-18-16-32(17-19-33)35(37)38/h16-19H,2-15,20-31H2,1H3. The molecule has 0 atom stereocenters. The molecule has 0 saturated heterocycles.